The first-order valence-electron chi connectivity index (χ1n) is 5.29. The quantitative estimate of drug-likeness (QED) is 0.820. The van der Waals surface area contributed by atoms with E-state index < -0.39 is 12.6 Å². The summed E-state index contributed by atoms with van der Waals surface area (Å²) in [7, 11) is 0. The van der Waals surface area contributed by atoms with Gasteiger partial charge in [0.15, 0.2) is 5.84 Å². The molecule has 0 spiro atoms. The highest BCUT2D eigenvalue weighted by Gasteiger charge is 2.12. The molecule has 0 N–H and O–H groups in total. The van der Waals surface area contributed by atoms with Crippen molar-refractivity contribution in [3.05, 3.63) is 42.1 Å². The molecule has 5 nitrogen and oxygen atoms in total. The van der Waals surface area contributed by atoms with Crippen LogP contribution in [0.3, 0.4) is 0 Å². The van der Waals surface area contributed by atoms with Crippen molar-refractivity contribution in [2.24, 2.45) is 15.2 Å². The van der Waals surface area contributed by atoms with E-state index in [-0.39, 0.29) is 18.0 Å². The highest BCUT2D eigenvalue weighted by atomic mass is 19.1. The number of halogens is 1. The number of rotatable bonds is 4. The van der Waals surface area contributed by atoms with E-state index in [0.29, 0.717) is 5.75 Å². The number of azo groups is 1. The molecule has 1 aromatic rings. The van der Waals surface area contributed by atoms with E-state index in [1.807, 2.05) is 0 Å². The van der Waals surface area contributed by atoms with E-state index in [1.165, 1.54) is 12.3 Å². The van der Waals surface area contributed by atoms with E-state index in [4.69, 9.17) is 4.74 Å². The van der Waals surface area contributed by atoms with Crippen LogP contribution in [0, 0.1) is 0 Å². The van der Waals surface area contributed by atoms with Gasteiger partial charge in [0.25, 0.3) is 5.91 Å². The lowest BCUT2D eigenvalue weighted by Gasteiger charge is -2.07. The number of alkyl halides is 1. The van der Waals surface area contributed by atoms with Crippen molar-refractivity contribution in [3.8, 4) is 5.75 Å². The molecule has 1 aromatic carbocycles. The van der Waals surface area contributed by atoms with Crippen LogP contribution in [0.5, 0.6) is 5.75 Å². The second-order valence-corrected chi connectivity index (χ2v) is 3.34. The summed E-state index contributed by atoms with van der Waals surface area (Å²) in [6.45, 7) is -0.714. The molecule has 18 heavy (non-hydrogen) atoms. The molecular weight excluding hydrogens is 237 g/mol. The van der Waals surface area contributed by atoms with Gasteiger partial charge in [0.1, 0.15) is 19.0 Å². The van der Waals surface area contributed by atoms with E-state index in [0.717, 1.165) is 0 Å². The van der Waals surface area contributed by atoms with Crippen LogP contribution in [0.15, 0.2) is 51.8 Å². The van der Waals surface area contributed by atoms with Gasteiger partial charge in [0, 0.05) is 6.08 Å². The summed E-state index contributed by atoms with van der Waals surface area (Å²) in [5.74, 6) is 0.0497. The van der Waals surface area contributed by atoms with Crippen molar-refractivity contribution in [1.29, 1.82) is 0 Å². The largest absolute Gasteiger partial charge is 0.490 e. The van der Waals surface area contributed by atoms with Gasteiger partial charge >= 0.3 is 0 Å². The molecule has 0 unspecified atom stereocenters. The number of amides is 1. The average Bonchev–Trinajstić information content (AvgIpc) is 2.89. The maximum absolute atomic E-state index is 12.1. The van der Waals surface area contributed by atoms with Crippen molar-refractivity contribution in [2.45, 2.75) is 0 Å². The Hall–Kier alpha value is -2.37. The molecular formula is C12H10FN3O2. The Kier molecular flexibility index (Phi) is 3.90. The summed E-state index contributed by atoms with van der Waals surface area (Å²) in [6.07, 6.45) is 2.96. The topological polar surface area (TPSA) is 63.4 Å². The molecule has 0 saturated heterocycles. The predicted molar refractivity (Wildman–Crippen MR) is 63.7 cm³/mol. The van der Waals surface area contributed by atoms with Crippen LogP contribution in [0.4, 0.5) is 4.39 Å². The Balaban J connectivity index is 2.21. The number of benzene rings is 1. The molecule has 2 rings (SSSR count). The first-order valence-corrected chi connectivity index (χ1v) is 5.29. The number of hydrogen-bond acceptors (Lipinski definition) is 3. The fourth-order valence-corrected chi connectivity index (χ4v) is 1.37. The third-order valence-electron chi connectivity index (χ3n) is 2.12. The Morgan fingerprint density at radius 3 is 2.94 bits per heavy atom. The zero-order chi connectivity index (χ0) is 12.8. The van der Waals surface area contributed by atoms with Gasteiger partial charge in [-0.1, -0.05) is 12.1 Å². The van der Waals surface area contributed by atoms with Crippen molar-refractivity contribution >= 4 is 11.7 Å². The van der Waals surface area contributed by atoms with Crippen LogP contribution < -0.4 is 4.74 Å². The van der Waals surface area contributed by atoms with Gasteiger partial charge in [-0.3, -0.25) is 4.79 Å². The zero-order valence-corrected chi connectivity index (χ0v) is 9.41. The Labute approximate surface area is 103 Å². The molecule has 1 aliphatic rings. The van der Waals surface area contributed by atoms with Crippen molar-refractivity contribution < 1.29 is 13.9 Å². The molecule has 92 valence electrons. The summed E-state index contributed by atoms with van der Waals surface area (Å²) in [5.41, 5.74) is 0.272. The molecule has 1 amide bonds. The first kappa shape index (κ1) is 12.1. The van der Waals surface area contributed by atoms with Gasteiger partial charge in [0.05, 0.1) is 11.8 Å². The summed E-state index contributed by atoms with van der Waals surface area (Å²) >= 11 is 0. The van der Waals surface area contributed by atoms with Crippen LogP contribution in [0.25, 0.3) is 0 Å². The molecule has 0 atom stereocenters. The number of amidine groups is 1. The Bertz CT molecular complexity index is 524. The molecule has 0 bridgehead atoms. The second-order valence-electron chi connectivity index (χ2n) is 3.34. The lowest BCUT2D eigenvalue weighted by Crippen LogP contribution is -2.05. The smallest absolute Gasteiger partial charge is 0.282 e. The highest BCUT2D eigenvalue weighted by Crippen LogP contribution is 2.19. The molecule has 0 saturated carbocycles. The molecule has 6 heteroatoms. The SMILES string of the molecule is O=C(/N=C1/C=CN=N1)c1ccccc1OCCF. The van der Waals surface area contributed by atoms with E-state index in [1.54, 1.807) is 24.3 Å². The molecule has 0 aliphatic carbocycles. The number of para-hydroxylation sites is 1. The standard InChI is InChI=1S/C12H10FN3O2/c13-6-8-18-10-4-2-1-3-9(10)12(17)15-11-5-7-14-16-11/h1-5,7H,6,8H2/b15-11-. The van der Waals surface area contributed by atoms with Gasteiger partial charge in [0.2, 0.25) is 0 Å². The maximum Gasteiger partial charge on any atom is 0.282 e. The number of nitrogens with zero attached hydrogens (tertiary/aromatic N) is 3. The van der Waals surface area contributed by atoms with E-state index in [9.17, 15) is 9.18 Å². The molecule has 1 heterocycles. The maximum atomic E-state index is 12.1. The molecule has 0 fully saturated rings. The molecule has 0 aromatic heterocycles. The van der Waals surface area contributed by atoms with Crippen LogP contribution in [-0.4, -0.2) is 25.0 Å². The van der Waals surface area contributed by atoms with E-state index in [2.05, 4.69) is 15.2 Å². The van der Waals surface area contributed by atoms with Gasteiger partial charge in [-0.25, -0.2) is 4.39 Å². The minimum Gasteiger partial charge on any atom is -0.490 e. The van der Waals surface area contributed by atoms with E-state index >= 15 is 0 Å². The van der Waals surface area contributed by atoms with Crippen LogP contribution in [0.2, 0.25) is 0 Å². The minimum atomic E-state index is -0.617. The monoisotopic (exact) mass is 247 g/mol. The molecule has 0 radical (unpaired) electrons. The zero-order valence-electron chi connectivity index (χ0n) is 9.41. The second kappa shape index (κ2) is 5.81. The minimum absolute atomic E-state index is 0.0968. The van der Waals surface area contributed by atoms with Gasteiger partial charge in [-0.2, -0.15) is 10.1 Å². The van der Waals surface area contributed by atoms with Crippen molar-refractivity contribution in [1.82, 2.24) is 0 Å². The van der Waals surface area contributed by atoms with Gasteiger partial charge in [-0.05, 0) is 12.1 Å². The fraction of sp³-hybridized carbons (Fsp3) is 0.167. The predicted octanol–water partition coefficient (Wildman–Crippen LogP) is 2.55. The van der Waals surface area contributed by atoms with Crippen LogP contribution >= 0.6 is 0 Å². The third-order valence-corrected chi connectivity index (χ3v) is 2.12. The van der Waals surface area contributed by atoms with Crippen molar-refractivity contribution in [3.63, 3.8) is 0 Å². The summed E-state index contributed by atoms with van der Waals surface area (Å²) < 4.78 is 17.2. The van der Waals surface area contributed by atoms with Gasteiger partial charge in [-0.15, -0.1) is 5.11 Å². The number of carbonyl (C=O) groups is 1. The molecule has 1 aliphatic heterocycles. The summed E-state index contributed by atoms with van der Waals surface area (Å²) in [5, 5.41) is 7.20. The number of ether oxygens (including phenoxy) is 1. The number of aliphatic imine (C=N–C) groups is 1. The van der Waals surface area contributed by atoms with Crippen LogP contribution in [0.1, 0.15) is 10.4 Å². The summed E-state index contributed by atoms with van der Waals surface area (Å²) in [6, 6.07) is 6.54. The normalized spacial score (nSPS) is 15.3. The van der Waals surface area contributed by atoms with Crippen molar-refractivity contribution in [2.75, 3.05) is 13.3 Å². The lowest BCUT2D eigenvalue weighted by molar-refractivity contribution is 0.0998. The Morgan fingerprint density at radius 1 is 1.39 bits per heavy atom. The number of hydrogen-bond donors (Lipinski definition) is 0. The first-order chi connectivity index (χ1) is 8.81. The lowest BCUT2D eigenvalue weighted by atomic mass is 10.2. The Morgan fingerprint density at radius 2 is 2.22 bits per heavy atom. The van der Waals surface area contributed by atoms with Gasteiger partial charge < -0.3 is 4.74 Å². The highest BCUT2D eigenvalue weighted by molar-refractivity contribution is 6.08. The fourth-order valence-electron chi connectivity index (χ4n) is 1.37. The summed E-state index contributed by atoms with van der Waals surface area (Å²) in [4.78, 5) is 15.7. The average molecular weight is 247 g/mol. The number of carbonyl (C=O) groups excluding carboxylic acids is 1. The third kappa shape index (κ3) is 2.85. The van der Waals surface area contributed by atoms with Crippen LogP contribution in [-0.2, 0) is 0 Å².